The molecular formula is C13H16BrNO. The zero-order valence-corrected chi connectivity index (χ0v) is 11.2. The van der Waals surface area contributed by atoms with Crippen molar-refractivity contribution in [3.63, 3.8) is 0 Å². The summed E-state index contributed by atoms with van der Waals surface area (Å²) >= 11 is 3.49. The molecule has 0 radical (unpaired) electrons. The first-order chi connectivity index (χ1) is 7.68. The molecule has 1 aromatic heterocycles. The first kappa shape index (κ1) is 11.7. The molecule has 0 unspecified atom stereocenters. The second-order valence-corrected chi connectivity index (χ2v) is 5.26. The van der Waals surface area contributed by atoms with E-state index in [1.54, 1.807) is 0 Å². The van der Waals surface area contributed by atoms with Crippen LogP contribution in [0.1, 0.15) is 19.4 Å². The fourth-order valence-electron chi connectivity index (χ4n) is 1.71. The van der Waals surface area contributed by atoms with E-state index in [9.17, 15) is 0 Å². The maximum atomic E-state index is 5.55. The van der Waals surface area contributed by atoms with E-state index in [2.05, 4.69) is 41.2 Å². The van der Waals surface area contributed by atoms with Crippen LogP contribution in [-0.2, 0) is 6.54 Å². The molecular weight excluding hydrogens is 266 g/mol. The molecule has 0 saturated carbocycles. The standard InChI is InChI=1S/C13H16BrNO/c1-9(2)6-15-7-10-8-16-13-11(10)4-3-5-12(13)14/h3-5,8-9,15H,6-7H2,1-2H3. The van der Waals surface area contributed by atoms with Crippen molar-refractivity contribution in [1.29, 1.82) is 0 Å². The second kappa shape index (κ2) is 5.02. The van der Waals surface area contributed by atoms with E-state index in [-0.39, 0.29) is 0 Å². The Morgan fingerprint density at radius 3 is 2.94 bits per heavy atom. The number of benzene rings is 1. The smallest absolute Gasteiger partial charge is 0.148 e. The maximum Gasteiger partial charge on any atom is 0.148 e. The fraction of sp³-hybridized carbons (Fsp3) is 0.385. The van der Waals surface area contributed by atoms with Crippen molar-refractivity contribution in [3.05, 3.63) is 34.5 Å². The van der Waals surface area contributed by atoms with Crippen LogP contribution < -0.4 is 5.32 Å². The van der Waals surface area contributed by atoms with E-state index >= 15 is 0 Å². The maximum absolute atomic E-state index is 5.55. The van der Waals surface area contributed by atoms with Crippen LogP contribution in [0, 0.1) is 5.92 Å². The Balaban J connectivity index is 2.16. The van der Waals surface area contributed by atoms with Gasteiger partial charge in [0, 0.05) is 17.5 Å². The molecule has 0 aliphatic carbocycles. The van der Waals surface area contributed by atoms with Crippen LogP contribution in [0.4, 0.5) is 0 Å². The van der Waals surface area contributed by atoms with Crippen LogP contribution in [0.25, 0.3) is 11.0 Å². The highest BCUT2D eigenvalue weighted by Crippen LogP contribution is 2.27. The average Bonchev–Trinajstić information content (AvgIpc) is 2.63. The Labute approximate surface area is 104 Å². The van der Waals surface area contributed by atoms with Gasteiger partial charge < -0.3 is 9.73 Å². The summed E-state index contributed by atoms with van der Waals surface area (Å²) in [4.78, 5) is 0. The molecule has 3 heteroatoms. The van der Waals surface area contributed by atoms with Crippen molar-refractivity contribution in [2.45, 2.75) is 20.4 Å². The van der Waals surface area contributed by atoms with Gasteiger partial charge in [0.2, 0.25) is 0 Å². The molecule has 1 N–H and O–H groups in total. The fourth-order valence-corrected chi connectivity index (χ4v) is 2.17. The van der Waals surface area contributed by atoms with E-state index in [4.69, 9.17) is 4.42 Å². The van der Waals surface area contributed by atoms with Gasteiger partial charge in [0.1, 0.15) is 5.58 Å². The first-order valence-electron chi connectivity index (χ1n) is 5.54. The molecule has 1 aromatic carbocycles. The summed E-state index contributed by atoms with van der Waals surface area (Å²) in [6, 6.07) is 6.13. The van der Waals surface area contributed by atoms with Crippen molar-refractivity contribution < 1.29 is 4.42 Å². The van der Waals surface area contributed by atoms with Gasteiger partial charge in [-0.2, -0.15) is 0 Å². The van der Waals surface area contributed by atoms with E-state index < -0.39 is 0 Å². The Bertz CT molecular complexity index is 476. The highest BCUT2D eigenvalue weighted by atomic mass is 79.9. The van der Waals surface area contributed by atoms with Crippen molar-refractivity contribution >= 4 is 26.9 Å². The van der Waals surface area contributed by atoms with Gasteiger partial charge in [-0.25, -0.2) is 0 Å². The summed E-state index contributed by atoms with van der Waals surface area (Å²) in [5.41, 5.74) is 2.15. The molecule has 0 aliphatic rings. The molecule has 0 amide bonds. The first-order valence-corrected chi connectivity index (χ1v) is 6.33. The number of fused-ring (bicyclic) bond motifs is 1. The molecule has 2 nitrogen and oxygen atoms in total. The summed E-state index contributed by atoms with van der Waals surface area (Å²) < 4.78 is 6.56. The van der Waals surface area contributed by atoms with Crippen molar-refractivity contribution in [2.75, 3.05) is 6.54 Å². The lowest BCUT2D eigenvalue weighted by Gasteiger charge is -2.05. The van der Waals surface area contributed by atoms with Gasteiger partial charge in [0.15, 0.2) is 0 Å². The Morgan fingerprint density at radius 2 is 2.19 bits per heavy atom. The number of furan rings is 1. The number of halogens is 1. The largest absolute Gasteiger partial charge is 0.463 e. The summed E-state index contributed by atoms with van der Waals surface area (Å²) in [6.45, 7) is 6.30. The third kappa shape index (κ3) is 2.47. The third-order valence-electron chi connectivity index (χ3n) is 2.50. The van der Waals surface area contributed by atoms with Crippen LogP contribution in [0.15, 0.2) is 33.4 Å². The normalized spacial score (nSPS) is 11.5. The van der Waals surface area contributed by atoms with Gasteiger partial charge in [0.05, 0.1) is 10.7 Å². The van der Waals surface area contributed by atoms with Crippen molar-refractivity contribution in [3.8, 4) is 0 Å². The molecule has 0 bridgehead atoms. The highest BCUT2D eigenvalue weighted by Gasteiger charge is 2.07. The molecule has 0 aliphatic heterocycles. The zero-order chi connectivity index (χ0) is 11.5. The second-order valence-electron chi connectivity index (χ2n) is 4.40. The van der Waals surface area contributed by atoms with Gasteiger partial charge in [-0.05, 0) is 34.5 Å². The van der Waals surface area contributed by atoms with Crippen LogP contribution in [-0.4, -0.2) is 6.54 Å². The lowest BCUT2D eigenvalue weighted by molar-refractivity contribution is 0.546. The van der Waals surface area contributed by atoms with Crippen molar-refractivity contribution in [1.82, 2.24) is 5.32 Å². The molecule has 1 heterocycles. The minimum absolute atomic E-state index is 0.671. The number of hydrogen-bond donors (Lipinski definition) is 1. The molecule has 86 valence electrons. The molecule has 16 heavy (non-hydrogen) atoms. The van der Waals surface area contributed by atoms with Crippen LogP contribution in [0.3, 0.4) is 0 Å². The molecule has 0 fully saturated rings. The minimum Gasteiger partial charge on any atom is -0.463 e. The van der Waals surface area contributed by atoms with E-state index in [0.717, 1.165) is 23.1 Å². The quantitative estimate of drug-likeness (QED) is 0.918. The predicted octanol–water partition coefficient (Wildman–Crippen LogP) is 3.94. The molecule has 2 rings (SSSR count). The van der Waals surface area contributed by atoms with E-state index in [1.807, 2.05) is 18.4 Å². The molecule has 2 aromatic rings. The van der Waals surface area contributed by atoms with Crippen LogP contribution in [0.2, 0.25) is 0 Å². The molecule has 0 atom stereocenters. The predicted molar refractivity (Wildman–Crippen MR) is 70.5 cm³/mol. The molecule has 0 spiro atoms. The van der Waals surface area contributed by atoms with Crippen LogP contribution in [0.5, 0.6) is 0 Å². The van der Waals surface area contributed by atoms with Gasteiger partial charge in [-0.3, -0.25) is 0 Å². The summed E-state index contributed by atoms with van der Waals surface area (Å²) in [5, 5.41) is 4.61. The monoisotopic (exact) mass is 281 g/mol. The number of hydrogen-bond acceptors (Lipinski definition) is 2. The van der Waals surface area contributed by atoms with Crippen LogP contribution >= 0.6 is 15.9 Å². The Morgan fingerprint density at radius 1 is 1.38 bits per heavy atom. The summed E-state index contributed by atoms with van der Waals surface area (Å²) in [7, 11) is 0. The Kier molecular flexibility index (Phi) is 3.66. The van der Waals surface area contributed by atoms with Crippen molar-refractivity contribution in [2.24, 2.45) is 5.92 Å². The van der Waals surface area contributed by atoms with E-state index in [1.165, 1.54) is 10.9 Å². The average molecular weight is 282 g/mol. The number of nitrogens with one attached hydrogen (secondary N) is 1. The zero-order valence-electron chi connectivity index (χ0n) is 9.59. The van der Waals surface area contributed by atoms with Gasteiger partial charge >= 0.3 is 0 Å². The number of para-hydroxylation sites is 1. The topological polar surface area (TPSA) is 25.2 Å². The van der Waals surface area contributed by atoms with E-state index in [0.29, 0.717) is 5.92 Å². The lowest BCUT2D eigenvalue weighted by Crippen LogP contribution is -2.18. The van der Waals surface area contributed by atoms with Gasteiger partial charge in [0.25, 0.3) is 0 Å². The number of rotatable bonds is 4. The summed E-state index contributed by atoms with van der Waals surface area (Å²) in [5.74, 6) is 0.671. The molecule has 0 saturated heterocycles. The third-order valence-corrected chi connectivity index (χ3v) is 3.12. The van der Waals surface area contributed by atoms with Gasteiger partial charge in [-0.1, -0.05) is 26.0 Å². The Hall–Kier alpha value is -0.800. The summed E-state index contributed by atoms with van der Waals surface area (Å²) in [6.07, 6.45) is 1.84. The minimum atomic E-state index is 0.671. The SMILES string of the molecule is CC(C)CNCc1coc2c(Br)cccc12. The highest BCUT2D eigenvalue weighted by molar-refractivity contribution is 9.10. The lowest BCUT2D eigenvalue weighted by atomic mass is 10.1. The van der Waals surface area contributed by atoms with Gasteiger partial charge in [-0.15, -0.1) is 0 Å².